The molecule has 1 amide bonds. The van der Waals surface area contributed by atoms with Gasteiger partial charge in [-0.1, -0.05) is 12.1 Å². The van der Waals surface area contributed by atoms with Crippen LogP contribution in [0.1, 0.15) is 35.2 Å². The number of carboxylic acid groups (broad SMARTS) is 1. The molecule has 106 valence electrons. The molecule has 1 aromatic carbocycles. The molecule has 1 heterocycles. The first kappa shape index (κ1) is 13.1. The van der Waals surface area contributed by atoms with Crippen LogP contribution in [0, 0.1) is 5.92 Å². The molecular formula is C15H18N2O3. The van der Waals surface area contributed by atoms with E-state index in [0.717, 1.165) is 18.4 Å². The summed E-state index contributed by atoms with van der Waals surface area (Å²) in [6.07, 6.45) is 3.44. The van der Waals surface area contributed by atoms with Crippen LogP contribution in [0.4, 0.5) is 0 Å². The Morgan fingerprint density at radius 3 is 2.55 bits per heavy atom. The van der Waals surface area contributed by atoms with Crippen molar-refractivity contribution in [2.75, 3.05) is 0 Å². The first-order chi connectivity index (χ1) is 9.63. The quantitative estimate of drug-likeness (QED) is 0.769. The fourth-order valence-corrected chi connectivity index (χ4v) is 3.21. The Labute approximate surface area is 117 Å². The fourth-order valence-electron chi connectivity index (χ4n) is 3.21. The number of aromatic carboxylic acids is 1. The van der Waals surface area contributed by atoms with E-state index in [-0.39, 0.29) is 17.5 Å². The Balaban J connectivity index is 1.54. The summed E-state index contributed by atoms with van der Waals surface area (Å²) >= 11 is 0. The molecule has 1 aliphatic carbocycles. The van der Waals surface area contributed by atoms with E-state index in [4.69, 9.17) is 5.11 Å². The average molecular weight is 274 g/mol. The van der Waals surface area contributed by atoms with Crippen LogP contribution in [0.25, 0.3) is 0 Å². The first-order valence-electron chi connectivity index (χ1n) is 6.99. The molecule has 1 aromatic rings. The minimum Gasteiger partial charge on any atom is -0.478 e. The van der Waals surface area contributed by atoms with E-state index in [0.29, 0.717) is 18.5 Å². The second kappa shape index (κ2) is 5.25. The number of hydrogen-bond donors (Lipinski definition) is 3. The topological polar surface area (TPSA) is 78.4 Å². The van der Waals surface area contributed by atoms with Gasteiger partial charge >= 0.3 is 5.97 Å². The van der Waals surface area contributed by atoms with Crippen molar-refractivity contribution in [2.45, 2.75) is 37.9 Å². The number of nitrogens with one attached hydrogen (secondary N) is 2. The van der Waals surface area contributed by atoms with Gasteiger partial charge in [-0.25, -0.2) is 4.79 Å². The Hall–Kier alpha value is -1.88. The van der Waals surface area contributed by atoms with Crippen molar-refractivity contribution in [3.8, 4) is 0 Å². The van der Waals surface area contributed by atoms with Gasteiger partial charge in [-0.3, -0.25) is 4.79 Å². The minimum atomic E-state index is -0.938. The number of carbonyl (C=O) groups is 2. The van der Waals surface area contributed by atoms with Crippen LogP contribution in [0.2, 0.25) is 0 Å². The van der Waals surface area contributed by atoms with Crippen molar-refractivity contribution in [3.63, 3.8) is 0 Å². The van der Waals surface area contributed by atoms with Gasteiger partial charge in [0.05, 0.1) is 11.6 Å². The predicted molar refractivity (Wildman–Crippen MR) is 73.3 cm³/mol. The smallest absolute Gasteiger partial charge is 0.335 e. The maximum Gasteiger partial charge on any atom is 0.335 e. The van der Waals surface area contributed by atoms with Crippen LogP contribution < -0.4 is 10.6 Å². The number of fused-ring (bicyclic) bond motifs is 2. The van der Waals surface area contributed by atoms with Crippen molar-refractivity contribution in [1.82, 2.24) is 10.6 Å². The van der Waals surface area contributed by atoms with Crippen molar-refractivity contribution in [1.29, 1.82) is 0 Å². The molecule has 1 saturated heterocycles. The zero-order chi connectivity index (χ0) is 14.1. The number of benzene rings is 1. The third-order valence-corrected chi connectivity index (χ3v) is 4.31. The number of hydrogen-bond acceptors (Lipinski definition) is 3. The van der Waals surface area contributed by atoms with Crippen LogP contribution in [-0.2, 0) is 11.3 Å². The molecule has 3 rings (SSSR count). The lowest BCUT2D eigenvalue weighted by atomic mass is 9.99. The minimum absolute atomic E-state index is 0.0490. The summed E-state index contributed by atoms with van der Waals surface area (Å²) in [7, 11) is 0. The third-order valence-electron chi connectivity index (χ3n) is 4.31. The van der Waals surface area contributed by atoms with Gasteiger partial charge in [0, 0.05) is 12.6 Å². The zero-order valence-electron chi connectivity index (χ0n) is 11.1. The fraction of sp³-hybridized carbons (Fsp3) is 0.467. The van der Waals surface area contributed by atoms with Gasteiger partial charge < -0.3 is 15.7 Å². The van der Waals surface area contributed by atoms with Crippen LogP contribution in [0.15, 0.2) is 24.3 Å². The van der Waals surface area contributed by atoms with E-state index in [1.807, 2.05) is 0 Å². The van der Waals surface area contributed by atoms with Gasteiger partial charge in [0.15, 0.2) is 0 Å². The highest BCUT2D eigenvalue weighted by atomic mass is 16.4. The van der Waals surface area contributed by atoms with Crippen molar-refractivity contribution < 1.29 is 14.7 Å². The monoisotopic (exact) mass is 274 g/mol. The molecule has 0 aromatic heterocycles. The summed E-state index contributed by atoms with van der Waals surface area (Å²) in [5, 5.41) is 15.1. The Kier molecular flexibility index (Phi) is 3.44. The second-order valence-electron chi connectivity index (χ2n) is 5.63. The highest BCUT2D eigenvalue weighted by molar-refractivity contribution is 5.87. The molecule has 5 heteroatoms. The van der Waals surface area contributed by atoms with Gasteiger partial charge in [0.2, 0.25) is 5.91 Å². The number of amides is 1. The summed E-state index contributed by atoms with van der Waals surface area (Å²) in [5.74, 6) is -0.402. The van der Waals surface area contributed by atoms with E-state index in [1.165, 1.54) is 6.42 Å². The normalized spacial score (nSPS) is 27.5. The second-order valence-corrected chi connectivity index (χ2v) is 5.63. The molecule has 3 atom stereocenters. The molecule has 1 saturated carbocycles. The van der Waals surface area contributed by atoms with Crippen molar-refractivity contribution in [2.24, 2.45) is 5.92 Å². The van der Waals surface area contributed by atoms with Crippen LogP contribution in [0.5, 0.6) is 0 Å². The maximum atomic E-state index is 12.1. The van der Waals surface area contributed by atoms with Crippen LogP contribution in [-0.4, -0.2) is 29.1 Å². The van der Waals surface area contributed by atoms with E-state index < -0.39 is 5.97 Å². The van der Waals surface area contributed by atoms with E-state index in [1.54, 1.807) is 24.3 Å². The molecule has 2 unspecified atom stereocenters. The lowest BCUT2D eigenvalue weighted by Gasteiger charge is -2.22. The summed E-state index contributed by atoms with van der Waals surface area (Å²) in [6, 6.07) is 7.05. The summed E-state index contributed by atoms with van der Waals surface area (Å²) in [4.78, 5) is 22.9. The zero-order valence-corrected chi connectivity index (χ0v) is 11.1. The van der Waals surface area contributed by atoms with E-state index >= 15 is 0 Å². The molecule has 20 heavy (non-hydrogen) atoms. The van der Waals surface area contributed by atoms with Gasteiger partial charge in [0.1, 0.15) is 0 Å². The molecular weight excluding hydrogens is 256 g/mol. The number of carbonyl (C=O) groups excluding carboxylic acids is 1. The molecule has 5 nitrogen and oxygen atoms in total. The number of rotatable bonds is 4. The molecule has 1 aliphatic heterocycles. The summed E-state index contributed by atoms with van der Waals surface area (Å²) < 4.78 is 0. The molecule has 0 spiro atoms. The van der Waals surface area contributed by atoms with E-state index in [2.05, 4.69) is 10.6 Å². The lowest BCUT2D eigenvalue weighted by Crippen LogP contribution is -2.47. The molecule has 2 aliphatic rings. The van der Waals surface area contributed by atoms with Gasteiger partial charge in [-0.15, -0.1) is 0 Å². The highest BCUT2D eigenvalue weighted by Crippen LogP contribution is 2.35. The van der Waals surface area contributed by atoms with Crippen molar-refractivity contribution >= 4 is 11.9 Å². The van der Waals surface area contributed by atoms with Crippen LogP contribution >= 0.6 is 0 Å². The van der Waals surface area contributed by atoms with Gasteiger partial charge in [-0.05, 0) is 42.9 Å². The highest BCUT2D eigenvalue weighted by Gasteiger charge is 2.42. The molecule has 3 N–H and O–H groups in total. The Bertz CT molecular complexity index is 526. The largest absolute Gasteiger partial charge is 0.478 e. The first-order valence-corrected chi connectivity index (χ1v) is 6.99. The number of carboxylic acids is 1. The SMILES string of the molecule is O=C(O)c1ccc(CNC(=O)C2NC3CC[C@@H]2C3)cc1. The molecule has 0 radical (unpaired) electrons. The third kappa shape index (κ3) is 2.54. The molecule has 2 bridgehead atoms. The van der Waals surface area contributed by atoms with Gasteiger partial charge in [0.25, 0.3) is 0 Å². The standard InChI is InChI=1S/C15H18N2O3/c18-14(13-11-5-6-12(7-11)17-13)16-8-9-1-3-10(4-2-9)15(19)20/h1-4,11-13,17H,5-8H2,(H,16,18)(H,19,20)/t11-,12?,13?/m1/s1. The Morgan fingerprint density at radius 1 is 1.25 bits per heavy atom. The summed E-state index contributed by atoms with van der Waals surface area (Å²) in [5.41, 5.74) is 1.17. The van der Waals surface area contributed by atoms with Gasteiger partial charge in [-0.2, -0.15) is 0 Å². The number of piperidine rings is 1. The summed E-state index contributed by atoms with van der Waals surface area (Å²) in [6.45, 7) is 0.439. The maximum absolute atomic E-state index is 12.1. The average Bonchev–Trinajstić information content (AvgIpc) is 3.08. The van der Waals surface area contributed by atoms with Crippen molar-refractivity contribution in [3.05, 3.63) is 35.4 Å². The predicted octanol–water partition coefficient (Wildman–Crippen LogP) is 1.14. The molecule has 2 fully saturated rings. The van der Waals surface area contributed by atoms with E-state index in [9.17, 15) is 9.59 Å². The Morgan fingerprint density at radius 2 is 2.00 bits per heavy atom. The van der Waals surface area contributed by atoms with Crippen LogP contribution in [0.3, 0.4) is 0 Å². The lowest BCUT2D eigenvalue weighted by molar-refractivity contribution is -0.124.